The molecular formula is C21H18N2O3S. The van der Waals surface area contributed by atoms with Gasteiger partial charge in [-0.2, -0.15) is 0 Å². The number of carbonyl (C=O) groups is 1. The fraction of sp³-hybridized carbons (Fsp3) is 0.143. The average Bonchev–Trinajstić information content (AvgIpc) is 3.34. The summed E-state index contributed by atoms with van der Waals surface area (Å²) in [6.45, 7) is 2.12. The lowest BCUT2D eigenvalue weighted by atomic mass is 10.1. The Bertz CT molecular complexity index is 1100. The Hall–Kier alpha value is -3.12. The van der Waals surface area contributed by atoms with Gasteiger partial charge < -0.3 is 9.15 Å². The highest BCUT2D eigenvalue weighted by Crippen LogP contribution is 2.30. The molecule has 2 aromatic carbocycles. The number of fused-ring (bicyclic) bond motifs is 1. The van der Waals surface area contributed by atoms with Crippen LogP contribution in [0.15, 0.2) is 58.3 Å². The number of aromatic nitrogens is 1. The molecule has 0 aliphatic carbocycles. The number of nitrogens with zero attached hydrogens (tertiary/aromatic N) is 1. The minimum Gasteiger partial charge on any atom is -0.493 e. The van der Waals surface area contributed by atoms with E-state index in [1.165, 1.54) is 16.9 Å². The lowest BCUT2D eigenvalue weighted by Gasteiger charge is -2.00. The van der Waals surface area contributed by atoms with Crippen LogP contribution in [0.4, 0.5) is 5.13 Å². The van der Waals surface area contributed by atoms with Crippen LogP contribution in [-0.2, 0) is 6.42 Å². The molecule has 0 fully saturated rings. The number of hydrogen-bond acceptors (Lipinski definition) is 5. The number of ether oxygens (including phenoxy) is 1. The van der Waals surface area contributed by atoms with Crippen LogP contribution in [-0.4, -0.2) is 18.0 Å². The molecule has 27 heavy (non-hydrogen) atoms. The van der Waals surface area contributed by atoms with Crippen molar-refractivity contribution in [3.8, 4) is 17.0 Å². The fourth-order valence-electron chi connectivity index (χ4n) is 2.84. The van der Waals surface area contributed by atoms with Gasteiger partial charge in [0.05, 0.1) is 12.8 Å². The van der Waals surface area contributed by atoms with Crippen molar-refractivity contribution in [3.05, 3.63) is 65.2 Å². The maximum Gasteiger partial charge on any atom is 0.293 e. The monoisotopic (exact) mass is 378 g/mol. The summed E-state index contributed by atoms with van der Waals surface area (Å²) in [5.74, 6) is 0.479. The summed E-state index contributed by atoms with van der Waals surface area (Å²) in [5.41, 5.74) is 3.70. The molecule has 2 heterocycles. The highest BCUT2D eigenvalue weighted by Gasteiger charge is 2.16. The van der Waals surface area contributed by atoms with E-state index in [4.69, 9.17) is 9.15 Å². The number of aryl methyl sites for hydroxylation is 1. The average molecular weight is 378 g/mol. The largest absolute Gasteiger partial charge is 0.493 e. The van der Waals surface area contributed by atoms with E-state index in [-0.39, 0.29) is 11.7 Å². The summed E-state index contributed by atoms with van der Waals surface area (Å²) in [5, 5.41) is 6.08. The van der Waals surface area contributed by atoms with Gasteiger partial charge in [0.15, 0.2) is 22.2 Å². The molecule has 4 aromatic rings. The predicted octanol–water partition coefficient (Wildman–Crippen LogP) is 5.38. The van der Waals surface area contributed by atoms with Crippen molar-refractivity contribution >= 4 is 33.3 Å². The van der Waals surface area contributed by atoms with Crippen molar-refractivity contribution in [1.82, 2.24) is 4.98 Å². The highest BCUT2D eigenvalue weighted by atomic mass is 32.1. The molecule has 0 saturated heterocycles. The zero-order valence-corrected chi connectivity index (χ0v) is 15.8. The first kappa shape index (κ1) is 17.3. The normalized spacial score (nSPS) is 10.9. The zero-order valence-electron chi connectivity index (χ0n) is 15.0. The summed E-state index contributed by atoms with van der Waals surface area (Å²) in [7, 11) is 1.57. The van der Waals surface area contributed by atoms with E-state index in [9.17, 15) is 4.79 Å². The fourth-order valence-corrected chi connectivity index (χ4v) is 3.56. The molecule has 2 aromatic heterocycles. The minimum absolute atomic E-state index is 0.221. The summed E-state index contributed by atoms with van der Waals surface area (Å²) >= 11 is 1.38. The Kier molecular flexibility index (Phi) is 4.64. The number of furan rings is 1. The van der Waals surface area contributed by atoms with Gasteiger partial charge in [-0.1, -0.05) is 43.3 Å². The van der Waals surface area contributed by atoms with Crippen LogP contribution < -0.4 is 10.1 Å². The van der Waals surface area contributed by atoms with Crippen LogP contribution in [0, 0.1) is 0 Å². The number of amides is 1. The molecule has 6 heteroatoms. The first-order valence-electron chi connectivity index (χ1n) is 8.60. The molecule has 0 bridgehead atoms. The van der Waals surface area contributed by atoms with E-state index < -0.39 is 0 Å². The maximum atomic E-state index is 12.5. The first-order valence-corrected chi connectivity index (χ1v) is 9.48. The number of methoxy groups -OCH3 is 1. The Balaban J connectivity index is 1.54. The van der Waals surface area contributed by atoms with E-state index in [1.807, 2.05) is 29.6 Å². The smallest absolute Gasteiger partial charge is 0.293 e. The number of benzene rings is 2. The lowest BCUT2D eigenvalue weighted by molar-refractivity contribution is 0.0998. The number of hydrogen-bond donors (Lipinski definition) is 1. The third-order valence-electron chi connectivity index (χ3n) is 4.33. The Morgan fingerprint density at radius 1 is 1.22 bits per heavy atom. The molecular weight excluding hydrogens is 360 g/mol. The number of thiazole rings is 1. The minimum atomic E-state index is -0.338. The van der Waals surface area contributed by atoms with Crippen LogP contribution in [0.25, 0.3) is 22.2 Å². The van der Waals surface area contributed by atoms with Crippen LogP contribution in [0.3, 0.4) is 0 Å². The van der Waals surface area contributed by atoms with E-state index in [1.54, 1.807) is 19.2 Å². The Morgan fingerprint density at radius 2 is 2.04 bits per heavy atom. The van der Waals surface area contributed by atoms with Gasteiger partial charge in [-0.05, 0) is 24.1 Å². The van der Waals surface area contributed by atoms with Gasteiger partial charge in [-0.15, -0.1) is 11.3 Å². The molecule has 1 N–H and O–H groups in total. The quantitative estimate of drug-likeness (QED) is 0.506. The second-order valence-corrected chi connectivity index (χ2v) is 6.89. The lowest BCUT2D eigenvalue weighted by Crippen LogP contribution is -2.10. The molecule has 0 unspecified atom stereocenters. The van der Waals surface area contributed by atoms with Crippen molar-refractivity contribution in [2.24, 2.45) is 0 Å². The summed E-state index contributed by atoms with van der Waals surface area (Å²) in [4.78, 5) is 17.0. The molecule has 4 rings (SSSR count). The number of carbonyl (C=O) groups excluding carboxylic acids is 1. The molecule has 5 nitrogen and oxygen atoms in total. The number of anilines is 1. The number of rotatable bonds is 5. The van der Waals surface area contributed by atoms with Crippen LogP contribution in [0.5, 0.6) is 5.75 Å². The standard InChI is InChI=1S/C21H18N2O3S/c1-3-13-7-9-14(10-8-13)16-12-27-21(22-16)23-20(24)18-11-15-5-4-6-17(25-2)19(15)26-18/h4-12H,3H2,1-2H3,(H,22,23,24). The van der Waals surface area contributed by atoms with E-state index in [0.717, 1.165) is 23.1 Å². The SMILES string of the molecule is CCc1ccc(-c2csc(NC(=O)c3cc4cccc(OC)c4o3)n2)cc1. The Morgan fingerprint density at radius 3 is 2.78 bits per heavy atom. The van der Waals surface area contributed by atoms with E-state index in [2.05, 4.69) is 29.4 Å². The highest BCUT2D eigenvalue weighted by molar-refractivity contribution is 7.14. The number of para-hydroxylation sites is 1. The summed E-state index contributed by atoms with van der Waals surface area (Å²) in [6, 6.07) is 15.5. The molecule has 0 aliphatic heterocycles. The van der Waals surface area contributed by atoms with Crippen molar-refractivity contribution in [2.75, 3.05) is 12.4 Å². The van der Waals surface area contributed by atoms with Crippen LogP contribution in [0.1, 0.15) is 23.0 Å². The molecule has 0 spiro atoms. The second-order valence-electron chi connectivity index (χ2n) is 6.03. The van der Waals surface area contributed by atoms with E-state index in [0.29, 0.717) is 16.5 Å². The predicted molar refractivity (Wildman–Crippen MR) is 108 cm³/mol. The van der Waals surface area contributed by atoms with Crippen LogP contribution >= 0.6 is 11.3 Å². The van der Waals surface area contributed by atoms with Gasteiger partial charge in [0.25, 0.3) is 5.91 Å². The van der Waals surface area contributed by atoms with Gasteiger partial charge >= 0.3 is 0 Å². The summed E-state index contributed by atoms with van der Waals surface area (Å²) < 4.78 is 11.0. The second kappa shape index (κ2) is 7.25. The molecule has 0 saturated carbocycles. The first-order chi connectivity index (χ1) is 13.2. The molecule has 0 aliphatic rings. The topological polar surface area (TPSA) is 64.4 Å². The van der Waals surface area contributed by atoms with Gasteiger partial charge in [-0.25, -0.2) is 4.98 Å². The molecule has 136 valence electrons. The van der Waals surface area contributed by atoms with Crippen molar-refractivity contribution in [2.45, 2.75) is 13.3 Å². The van der Waals surface area contributed by atoms with Crippen LogP contribution in [0.2, 0.25) is 0 Å². The third-order valence-corrected chi connectivity index (χ3v) is 5.09. The van der Waals surface area contributed by atoms with E-state index >= 15 is 0 Å². The maximum absolute atomic E-state index is 12.5. The van der Waals surface area contributed by atoms with Crippen molar-refractivity contribution < 1.29 is 13.9 Å². The Labute approximate surface area is 160 Å². The zero-order chi connectivity index (χ0) is 18.8. The summed E-state index contributed by atoms with van der Waals surface area (Å²) in [6.07, 6.45) is 1.00. The van der Waals surface area contributed by atoms with Gasteiger partial charge in [0, 0.05) is 16.3 Å². The third kappa shape index (κ3) is 3.44. The van der Waals surface area contributed by atoms with Gasteiger partial charge in [0.2, 0.25) is 0 Å². The molecule has 0 atom stereocenters. The van der Waals surface area contributed by atoms with Gasteiger partial charge in [-0.3, -0.25) is 10.1 Å². The number of nitrogens with one attached hydrogen (secondary N) is 1. The molecule has 1 amide bonds. The van der Waals surface area contributed by atoms with Crippen molar-refractivity contribution in [3.63, 3.8) is 0 Å². The van der Waals surface area contributed by atoms with Crippen molar-refractivity contribution in [1.29, 1.82) is 0 Å². The molecule has 0 radical (unpaired) electrons. The van der Waals surface area contributed by atoms with Gasteiger partial charge in [0.1, 0.15) is 0 Å².